The van der Waals surface area contributed by atoms with Gasteiger partial charge in [-0.2, -0.15) is 0 Å². The summed E-state index contributed by atoms with van der Waals surface area (Å²) in [7, 11) is 0. The summed E-state index contributed by atoms with van der Waals surface area (Å²) in [6.45, 7) is 3.13. The SMILES string of the molecule is CC(=O)Cc1ccc2nc(Cl)cnc2c1.CC(=O)Cc1ccc2ncc(Cl)nc2c1. The fourth-order valence-corrected chi connectivity index (χ4v) is 3.14. The summed E-state index contributed by atoms with van der Waals surface area (Å²) < 4.78 is 0. The Balaban J connectivity index is 0.000000171. The van der Waals surface area contributed by atoms with Gasteiger partial charge in [-0.05, 0) is 49.2 Å². The van der Waals surface area contributed by atoms with Crippen LogP contribution in [0.25, 0.3) is 22.1 Å². The van der Waals surface area contributed by atoms with Gasteiger partial charge in [0.15, 0.2) is 0 Å². The van der Waals surface area contributed by atoms with Crippen molar-refractivity contribution in [2.24, 2.45) is 0 Å². The Morgan fingerprint density at radius 1 is 0.700 bits per heavy atom. The van der Waals surface area contributed by atoms with Crippen molar-refractivity contribution in [1.29, 1.82) is 0 Å². The van der Waals surface area contributed by atoms with Crippen molar-refractivity contribution in [3.8, 4) is 0 Å². The lowest BCUT2D eigenvalue weighted by atomic mass is 10.1. The van der Waals surface area contributed by atoms with E-state index in [2.05, 4.69) is 19.9 Å². The fourth-order valence-electron chi connectivity index (χ4n) is 2.86. The molecule has 0 fully saturated rings. The van der Waals surface area contributed by atoms with Gasteiger partial charge in [0.25, 0.3) is 0 Å². The van der Waals surface area contributed by atoms with E-state index in [-0.39, 0.29) is 11.6 Å². The first-order valence-corrected chi connectivity index (χ1v) is 9.87. The molecule has 0 radical (unpaired) electrons. The van der Waals surface area contributed by atoms with E-state index >= 15 is 0 Å². The molecule has 0 aliphatic rings. The van der Waals surface area contributed by atoms with E-state index in [1.807, 2.05) is 36.4 Å². The van der Waals surface area contributed by atoms with Crippen LogP contribution in [0.5, 0.6) is 0 Å². The van der Waals surface area contributed by atoms with Crippen molar-refractivity contribution >= 4 is 56.8 Å². The molecule has 0 N–H and O–H groups in total. The zero-order chi connectivity index (χ0) is 21.7. The van der Waals surface area contributed by atoms with Crippen LogP contribution in [0.15, 0.2) is 48.8 Å². The second kappa shape index (κ2) is 9.69. The Morgan fingerprint density at radius 2 is 1.17 bits per heavy atom. The number of carbonyl (C=O) groups is 2. The van der Waals surface area contributed by atoms with E-state index in [4.69, 9.17) is 23.2 Å². The molecule has 0 bridgehead atoms. The van der Waals surface area contributed by atoms with Crippen molar-refractivity contribution in [1.82, 2.24) is 19.9 Å². The van der Waals surface area contributed by atoms with Crippen molar-refractivity contribution in [2.45, 2.75) is 26.7 Å². The molecule has 2 heterocycles. The number of rotatable bonds is 4. The highest BCUT2D eigenvalue weighted by Crippen LogP contribution is 2.16. The number of hydrogen-bond donors (Lipinski definition) is 0. The molecule has 0 atom stereocenters. The Bertz CT molecular complexity index is 1240. The summed E-state index contributed by atoms with van der Waals surface area (Å²) in [6, 6.07) is 11.1. The molecule has 8 heteroatoms. The smallest absolute Gasteiger partial charge is 0.148 e. The molecular weight excluding hydrogens is 423 g/mol. The van der Waals surface area contributed by atoms with Crippen LogP contribution in [-0.4, -0.2) is 31.5 Å². The van der Waals surface area contributed by atoms with Crippen LogP contribution in [0.2, 0.25) is 10.3 Å². The summed E-state index contributed by atoms with van der Waals surface area (Å²) in [5.41, 5.74) is 4.90. The zero-order valence-electron chi connectivity index (χ0n) is 16.4. The topological polar surface area (TPSA) is 85.7 Å². The Hall–Kier alpha value is -2.96. The van der Waals surface area contributed by atoms with Crippen LogP contribution in [-0.2, 0) is 22.4 Å². The van der Waals surface area contributed by atoms with E-state index in [9.17, 15) is 9.59 Å². The highest BCUT2D eigenvalue weighted by atomic mass is 35.5. The number of Topliss-reactive ketones (excluding diaryl/α,β-unsaturated/α-hetero) is 2. The van der Waals surface area contributed by atoms with Gasteiger partial charge in [-0.1, -0.05) is 35.3 Å². The first-order valence-electron chi connectivity index (χ1n) is 9.11. The average Bonchev–Trinajstić information content (AvgIpc) is 2.67. The summed E-state index contributed by atoms with van der Waals surface area (Å²) in [6.07, 6.45) is 3.86. The number of ketones is 2. The van der Waals surface area contributed by atoms with Crippen molar-refractivity contribution < 1.29 is 9.59 Å². The molecule has 152 valence electrons. The minimum absolute atomic E-state index is 0.129. The molecule has 0 unspecified atom stereocenters. The molecule has 6 nitrogen and oxygen atoms in total. The van der Waals surface area contributed by atoms with Gasteiger partial charge < -0.3 is 0 Å². The molecule has 0 aliphatic heterocycles. The molecule has 2 aromatic carbocycles. The number of fused-ring (bicyclic) bond motifs is 2. The normalized spacial score (nSPS) is 10.5. The number of aromatic nitrogens is 4. The maximum atomic E-state index is 11.0. The third kappa shape index (κ3) is 6.02. The quantitative estimate of drug-likeness (QED) is 0.451. The van der Waals surface area contributed by atoms with Crippen LogP contribution in [0.1, 0.15) is 25.0 Å². The molecule has 0 saturated heterocycles. The van der Waals surface area contributed by atoms with E-state index in [1.54, 1.807) is 13.8 Å². The van der Waals surface area contributed by atoms with Crippen LogP contribution in [0.3, 0.4) is 0 Å². The molecule has 0 amide bonds. The van der Waals surface area contributed by atoms with Gasteiger partial charge in [-0.25, -0.2) is 9.97 Å². The standard InChI is InChI=1S/2C11H9ClN2O/c1-7(15)4-8-2-3-9-10(5-8)13-6-11(12)14-9;1-7(15)4-8-2-3-9-10(5-8)14-11(12)6-13-9/h2*2-3,5-6H,4H2,1H3. The molecule has 4 rings (SSSR count). The van der Waals surface area contributed by atoms with Gasteiger partial charge in [0.1, 0.15) is 21.9 Å². The lowest BCUT2D eigenvalue weighted by molar-refractivity contribution is -0.117. The van der Waals surface area contributed by atoms with Crippen LogP contribution in [0.4, 0.5) is 0 Å². The molecule has 0 saturated carbocycles. The van der Waals surface area contributed by atoms with Crippen LogP contribution in [0, 0.1) is 0 Å². The predicted molar refractivity (Wildman–Crippen MR) is 118 cm³/mol. The van der Waals surface area contributed by atoms with Gasteiger partial charge in [0.05, 0.1) is 34.5 Å². The Morgan fingerprint density at radius 3 is 1.73 bits per heavy atom. The summed E-state index contributed by atoms with van der Waals surface area (Å²) in [5, 5.41) is 0.740. The Labute approximate surface area is 183 Å². The number of benzene rings is 2. The molecule has 2 aromatic heterocycles. The third-order valence-corrected chi connectivity index (χ3v) is 4.42. The Kier molecular flexibility index (Phi) is 7.03. The predicted octanol–water partition coefficient (Wildman–Crippen LogP) is 4.83. The lowest BCUT2D eigenvalue weighted by Gasteiger charge is -2.00. The van der Waals surface area contributed by atoms with Crippen molar-refractivity contribution in [2.75, 3.05) is 0 Å². The van der Waals surface area contributed by atoms with Gasteiger partial charge in [0, 0.05) is 12.8 Å². The van der Waals surface area contributed by atoms with Crippen molar-refractivity contribution in [3.63, 3.8) is 0 Å². The van der Waals surface area contributed by atoms with E-state index in [0.29, 0.717) is 23.1 Å². The molecule has 30 heavy (non-hydrogen) atoms. The summed E-state index contributed by atoms with van der Waals surface area (Å²) in [5.74, 6) is 0.264. The number of carbonyl (C=O) groups excluding carboxylic acids is 2. The first kappa shape index (κ1) is 21.7. The van der Waals surface area contributed by atoms with Crippen LogP contribution < -0.4 is 0 Å². The van der Waals surface area contributed by atoms with E-state index < -0.39 is 0 Å². The monoisotopic (exact) mass is 440 g/mol. The highest BCUT2D eigenvalue weighted by Gasteiger charge is 2.03. The van der Waals surface area contributed by atoms with Gasteiger partial charge >= 0.3 is 0 Å². The molecular formula is C22H18Cl2N4O2. The zero-order valence-corrected chi connectivity index (χ0v) is 17.9. The number of hydrogen-bond acceptors (Lipinski definition) is 6. The maximum Gasteiger partial charge on any atom is 0.148 e. The summed E-state index contributed by atoms with van der Waals surface area (Å²) in [4.78, 5) is 38.4. The first-order chi connectivity index (χ1) is 14.3. The van der Waals surface area contributed by atoms with Crippen molar-refractivity contribution in [3.05, 3.63) is 70.2 Å². The largest absolute Gasteiger partial charge is 0.300 e. The lowest BCUT2D eigenvalue weighted by Crippen LogP contribution is -1.96. The van der Waals surface area contributed by atoms with E-state index in [0.717, 1.165) is 33.2 Å². The summed E-state index contributed by atoms with van der Waals surface area (Å²) >= 11 is 11.5. The second-order valence-electron chi connectivity index (χ2n) is 6.79. The van der Waals surface area contributed by atoms with E-state index in [1.165, 1.54) is 12.4 Å². The highest BCUT2D eigenvalue weighted by molar-refractivity contribution is 6.29. The van der Waals surface area contributed by atoms with Gasteiger partial charge in [0.2, 0.25) is 0 Å². The fraction of sp³-hybridized carbons (Fsp3) is 0.182. The molecule has 4 aromatic rings. The maximum absolute atomic E-state index is 11.0. The molecule has 0 aliphatic carbocycles. The minimum Gasteiger partial charge on any atom is -0.300 e. The average molecular weight is 441 g/mol. The van der Waals surface area contributed by atoms with Gasteiger partial charge in [-0.3, -0.25) is 19.6 Å². The second-order valence-corrected chi connectivity index (χ2v) is 7.56. The molecule has 0 spiro atoms. The third-order valence-electron chi connectivity index (χ3n) is 4.06. The number of halogens is 2. The van der Waals surface area contributed by atoms with Gasteiger partial charge in [-0.15, -0.1) is 0 Å². The van der Waals surface area contributed by atoms with Crippen LogP contribution >= 0.6 is 23.2 Å². The number of nitrogens with zero attached hydrogens (tertiary/aromatic N) is 4. The minimum atomic E-state index is 0.129.